The Morgan fingerprint density at radius 3 is 2.09 bits per heavy atom. The number of anilines is 3. The fourth-order valence-corrected chi connectivity index (χ4v) is 5.43. The molecule has 2 atom stereocenters. The monoisotopic (exact) mass is 455 g/mol. The van der Waals surface area contributed by atoms with Crippen LogP contribution in [0.5, 0.6) is 0 Å². The molecular formula is C24H17N5O3S. The summed E-state index contributed by atoms with van der Waals surface area (Å²) >= 11 is 1.61. The van der Waals surface area contributed by atoms with Gasteiger partial charge in [0.2, 0.25) is 0 Å². The Morgan fingerprint density at radius 1 is 0.818 bits per heavy atom. The lowest BCUT2D eigenvalue weighted by Gasteiger charge is -2.32. The lowest BCUT2D eigenvalue weighted by Crippen LogP contribution is -2.45. The Hall–Kier alpha value is -3.98. The fourth-order valence-electron chi connectivity index (χ4n) is 4.37. The number of hydrogen-bond donors (Lipinski definition) is 0. The molecule has 3 aliphatic rings. The number of carbonyl (C=O) groups is 3. The van der Waals surface area contributed by atoms with Gasteiger partial charge in [0.05, 0.1) is 17.1 Å². The number of fused-ring (bicyclic) bond motifs is 3. The van der Waals surface area contributed by atoms with E-state index in [2.05, 4.69) is 10.3 Å². The van der Waals surface area contributed by atoms with E-state index in [4.69, 9.17) is 0 Å². The van der Waals surface area contributed by atoms with Crippen molar-refractivity contribution < 1.29 is 14.4 Å². The molecule has 0 aromatic heterocycles. The zero-order valence-corrected chi connectivity index (χ0v) is 18.1. The number of hydrogen-bond acceptors (Lipinski definition) is 7. The average Bonchev–Trinajstić information content (AvgIpc) is 3.36. The van der Waals surface area contributed by atoms with Crippen LogP contribution in [0.25, 0.3) is 0 Å². The predicted molar refractivity (Wildman–Crippen MR) is 122 cm³/mol. The van der Waals surface area contributed by atoms with Gasteiger partial charge < -0.3 is 0 Å². The van der Waals surface area contributed by atoms with Gasteiger partial charge in [0.1, 0.15) is 6.54 Å². The van der Waals surface area contributed by atoms with Crippen molar-refractivity contribution in [3.63, 3.8) is 0 Å². The van der Waals surface area contributed by atoms with Gasteiger partial charge in [-0.25, -0.2) is 4.90 Å². The van der Waals surface area contributed by atoms with Crippen molar-refractivity contribution in [2.75, 3.05) is 16.3 Å². The molecule has 1 saturated heterocycles. The lowest BCUT2D eigenvalue weighted by molar-refractivity contribution is -0.124. The molecule has 6 rings (SSSR count). The van der Waals surface area contributed by atoms with Crippen LogP contribution in [-0.4, -0.2) is 41.4 Å². The van der Waals surface area contributed by atoms with Gasteiger partial charge >= 0.3 is 0 Å². The van der Waals surface area contributed by atoms with Crippen LogP contribution >= 0.6 is 11.8 Å². The number of benzene rings is 3. The first-order chi connectivity index (χ1) is 16.1. The zero-order chi connectivity index (χ0) is 22.5. The number of para-hydroxylation sites is 3. The zero-order valence-electron chi connectivity index (χ0n) is 17.2. The third-order valence-electron chi connectivity index (χ3n) is 5.85. The molecule has 33 heavy (non-hydrogen) atoms. The molecule has 162 valence electrons. The summed E-state index contributed by atoms with van der Waals surface area (Å²) in [6, 6.07) is 22.2. The number of amides is 3. The standard InChI is InChI=1S/C24H17N5O3S/c30-20(29-16-10-4-6-12-18(16)33-19-13-7-5-11-17(19)29)14-27-22-21(25-26-27)23(31)28(24(22)32)15-8-2-1-3-9-15/h1-13,21-22H,14H2. The van der Waals surface area contributed by atoms with E-state index in [1.54, 1.807) is 40.9 Å². The Balaban J connectivity index is 1.30. The molecule has 3 amide bonds. The molecule has 1 fully saturated rings. The van der Waals surface area contributed by atoms with Crippen LogP contribution < -0.4 is 9.80 Å². The number of imide groups is 1. The van der Waals surface area contributed by atoms with E-state index in [1.807, 2.05) is 54.6 Å². The molecule has 8 nitrogen and oxygen atoms in total. The minimum Gasteiger partial charge on any atom is -0.277 e. The first kappa shape index (κ1) is 19.7. The molecular weight excluding hydrogens is 438 g/mol. The normalized spacial score (nSPS) is 20.7. The Morgan fingerprint density at radius 2 is 1.42 bits per heavy atom. The van der Waals surface area contributed by atoms with Gasteiger partial charge in [-0.2, -0.15) is 5.11 Å². The molecule has 0 spiro atoms. The smallest absolute Gasteiger partial charge is 0.263 e. The van der Waals surface area contributed by atoms with Crippen LogP contribution in [0, 0.1) is 0 Å². The van der Waals surface area contributed by atoms with Crippen molar-refractivity contribution in [1.29, 1.82) is 0 Å². The molecule has 0 aliphatic carbocycles. The molecule has 0 bridgehead atoms. The van der Waals surface area contributed by atoms with E-state index in [9.17, 15) is 14.4 Å². The molecule has 3 aromatic carbocycles. The van der Waals surface area contributed by atoms with Gasteiger partial charge in [-0.05, 0) is 36.4 Å². The van der Waals surface area contributed by atoms with Gasteiger partial charge in [0.25, 0.3) is 17.7 Å². The van der Waals surface area contributed by atoms with Crippen LogP contribution in [0.2, 0.25) is 0 Å². The summed E-state index contributed by atoms with van der Waals surface area (Å²) in [6.07, 6.45) is 0. The Labute approximate surface area is 193 Å². The highest BCUT2D eigenvalue weighted by Gasteiger charge is 2.55. The number of nitrogens with zero attached hydrogens (tertiary/aromatic N) is 5. The van der Waals surface area contributed by atoms with Gasteiger partial charge in [-0.15, -0.1) is 0 Å². The first-order valence-corrected chi connectivity index (χ1v) is 11.2. The molecule has 9 heteroatoms. The van der Waals surface area contributed by atoms with Crippen LogP contribution in [0.3, 0.4) is 0 Å². The van der Waals surface area contributed by atoms with Crippen molar-refractivity contribution in [2.45, 2.75) is 21.9 Å². The van der Waals surface area contributed by atoms with Crippen LogP contribution in [-0.2, 0) is 14.4 Å². The lowest BCUT2D eigenvalue weighted by atomic mass is 10.1. The van der Waals surface area contributed by atoms with Gasteiger partial charge in [0.15, 0.2) is 12.1 Å². The van der Waals surface area contributed by atoms with Crippen molar-refractivity contribution >= 4 is 46.5 Å². The van der Waals surface area contributed by atoms with Crippen LogP contribution in [0.1, 0.15) is 0 Å². The third-order valence-corrected chi connectivity index (χ3v) is 6.98. The topological polar surface area (TPSA) is 85.6 Å². The van der Waals surface area contributed by atoms with E-state index in [0.29, 0.717) is 5.69 Å². The summed E-state index contributed by atoms with van der Waals surface area (Å²) in [5.41, 5.74) is 2.04. The minimum absolute atomic E-state index is 0.181. The first-order valence-electron chi connectivity index (χ1n) is 10.4. The highest BCUT2D eigenvalue weighted by Crippen LogP contribution is 2.48. The minimum atomic E-state index is -0.943. The van der Waals surface area contributed by atoms with E-state index in [1.165, 1.54) is 5.01 Å². The van der Waals surface area contributed by atoms with Crippen LogP contribution in [0.4, 0.5) is 17.1 Å². The fraction of sp³-hybridized carbons (Fsp3) is 0.125. The van der Waals surface area contributed by atoms with E-state index in [0.717, 1.165) is 26.1 Å². The van der Waals surface area contributed by atoms with Crippen molar-refractivity contribution in [3.8, 4) is 0 Å². The van der Waals surface area contributed by atoms with E-state index < -0.39 is 23.9 Å². The summed E-state index contributed by atoms with van der Waals surface area (Å²) in [7, 11) is 0. The number of carbonyl (C=O) groups excluding carboxylic acids is 3. The van der Waals surface area contributed by atoms with Gasteiger partial charge in [-0.3, -0.25) is 24.3 Å². The summed E-state index contributed by atoms with van der Waals surface area (Å²) in [5, 5.41) is 9.41. The average molecular weight is 455 g/mol. The Kier molecular flexibility index (Phi) is 4.51. The SMILES string of the molecule is O=C1C2N=NN(CC(=O)N3c4ccccc4Sc4ccccc43)C2C(=O)N1c1ccccc1. The molecule has 2 unspecified atom stereocenters. The predicted octanol–water partition coefficient (Wildman–Crippen LogP) is 3.81. The third kappa shape index (κ3) is 3.04. The molecule has 0 radical (unpaired) electrons. The summed E-state index contributed by atoms with van der Waals surface area (Å²) < 4.78 is 0. The van der Waals surface area contributed by atoms with Crippen molar-refractivity contribution in [1.82, 2.24) is 5.01 Å². The molecule has 0 N–H and O–H groups in total. The van der Waals surface area contributed by atoms with Crippen molar-refractivity contribution in [3.05, 3.63) is 78.9 Å². The maximum atomic E-state index is 13.6. The summed E-state index contributed by atoms with van der Waals surface area (Å²) in [6.45, 7) is -0.181. The second-order valence-corrected chi connectivity index (χ2v) is 8.89. The maximum absolute atomic E-state index is 13.6. The molecule has 3 heterocycles. The quantitative estimate of drug-likeness (QED) is 0.561. The molecule has 3 aromatic rings. The molecule has 0 saturated carbocycles. The van der Waals surface area contributed by atoms with Gasteiger partial charge in [0, 0.05) is 9.79 Å². The van der Waals surface area contributed by atoms with Crippen LogP contribution in [0.15, 0.2) is 99.0 Å². The molecule has 3 aliphatic heterocycles. The maximum Gasteiger partial charge on any atom is 0.263 e. The number of rotatable bonds is 3. The summed E-state index contributed by atoms with van der Waals surface area (Å²) in [5.74, 6) is -1.11. The highest BCUT2D eigenvalue weighted by atomic mass is 32.2. The summed E-state index contributed by atoms with van der Waals surface area (Å²) in [4.78, 5) is 44.4. The second kappa shape index (κ2) is 7.56. The van der Waals surface area contributed by atoms with Crippen molar-refractivity contribution in [2.24, 2.45) is 10.3 Å². The largest absolute Gasteiger partial charge is 0.277 e. The van der Waals surface area contributed by atoms with E-state index >= 15 is 0 Å². The second-order valence-electron chi connectivity index (χ2n) is 7.81. The highest BCUT2D eigenvalue weighted by molar-refractivity contribution is 7.99. The van der Waals surface area contributed by atoms with E-state index in [-0.39, 0.29) is 12.5 Å². The van der Waals surface area contributed by atoms with Gasteiger partial charge in [-0.1, -0.05) is 59.4 Å². The Bertz CT molecular complexity index is 1280.